The van der Waals surface area contributed by atoms with Crippen molar-refractivity contribution in [1.82, 2.24) is 20.6 Å². The highest BCUT2D eigenvalue weighted by molar-refractivity contribution is 5.77. The molecule has 2 aromatic rings. The number of rotatable bonds is 9. The van der Waals surface area contributed by atoms with Crippen LogP contribution < -0.4 is 10.6 Å². The van der Waals surface area contributed by atoms with E-state index in [2.05, 4.69) is 20.6 Å². The van der Waals surface area contributed by atoms with Crippen LogP contribution in [0, 0.1) is 0 Å². The van der Waals surface area contributed by atoms with Crippen LogP contribution in [0.2, 0.25) is 0 Å². The zero-order valence-electron chi connectivity index (χ0n) is 14.4. The van der Waals surface area contributed by atoms with Crippen molar-refractivity contribution >= 4 is 22.8 Å². The fourth-order valence-corrected chi connectivity index (χ4v) is 2.62. The van der Waals surface area contributed by atoms with E-state index in [9.17, 15) is 9.59 Å². The third-order valence-electron chi connectivity index (χ3n) is 3.94. The van der Waals surface area contributed by atoms with Crippen LogP contribution in [0.15, 0.2) is 24.3 Å². The van der Waals surface area contributed by atoms with Gasteiger partial charge in [-0.05, 0) is 31.4 Å². The SMILES string of the molecule is CC[C@@H](NC(=O)CCCCCNC(C)=O)c1nc2ccccc2[nH]1. The third kappa shape index (κ3) is 5.37. The molecule has 0 saturated carbocycles. The van der Waals surface area contributed by atoms with Gasteiger partial charge < -0.3 is 15.6 Å². The van der Waals surface area contributed by atoms with E-state index in [0.29, 0.717) is 13.0 Å². The minimum Gasteiger partial charge on any atom is -0.356 e. The zero-order chi connectivity index (χ0) is 17.4. The van der Waals surface area contributed by atoms with Gasteiger partial charge in [-0.2, -0.15) is 0 Å². The number of benzene rings is 1. The second kappa shape index (κ2) is 9.05. The van der Waals surface area contributed by atoms with Crippen molar-refractivity contribution in [3.05, 3.63) is 30.1 Å². The molecule has 6 heteroatoms. The lowest BCUT2D eigenvalue weighted by Crippen LogP contribution is -2.28. The molecule has 1 aromatic heterocycles. The molecule has 0 spiro atoms. The average molecular weight is 330 g/mol. The number of imidazole rings is 1. The molecule has 2 rings (SSSR count). The first-order chi connectivity index (χ1) is 11.6. The summed E-state index contributed by atoms with van der Waals surface area (Å²) in [5.41, 5.74) is 1.90. The van der Waals surface area contributed by atoms with Crippen LogP contribution in [0.5, 0.6) is 0 Å². The van der Waals surface area contributed by atoms with Gasteiger partial charge in [-0.1, -0.05) is 25.5 Å². The van der Waals surface area contributed by atoms with E-state index in [1.165, 1.54) is 6.92 Å². The average Bonchev–Trinajstić information content (AvgIpc) is 2.99. The molecule has 0 unspecified atom stereocenters. The summed E-state index contributed by atoms with van der Waals surface area (Å²) < 4.78 is 0. The highest BCUT2D eigenvalue weighted by Crippen LogP contribution is 2.18. The number of fused-ring (bicyclic) bond motifs is 1. The summed E-state index contributed by atoms with van der Waals surface area (Å²) in [5.74, 6) is 0.837. The molecule has 0 aliphatic carbocycles. The van der Waals surface area contributed by atoms with E-state index in [4.69, 9.17) is 0 Å². The van der Waals surface area contributed by atoms with Crippen molar-refractivity contribution in [3.63, 3.8) is 0 Å². The number of hydrogen-bond acceptors (Lipinski definition) is 3. The normalized spacial score (nSPS) is 12.1. The van der Waals surface area contributed by atoms with Crippen molar-refractivity contribution in [2.24, 2.45) is 0 Å². The maximum atomic E-state index is 12.1. The Labute approximate surface area is 142 Å². The first-order valence-corrected chi connectivity index (χ1v) is 8.58. The maximum absolute atomic E-state index is 12.1. The van der Waals surface area contributed by atoms with E-state index >= 15 is 0 Å². The van der Waals surface area contributed by atoms with Crippen molar-refractivity contribution < 1.29 is 9.59 Å². The number of carbonyl (C=O) groups is 2. The minimum atomic E-state index is -0.0933. The smallest absolute Gasteiger partial charge is 0.220 e. The molecule has 6 nitrogen and oxygen atoms in total. The third-order valence-corrected chi connectivity index (χ3v) is 3.94. The molecule has 0 saturated heterocycles. The number of nitrogens with zero attached hydrogens (tertiary/aromatic N) is 1. The maximum Gasteiger partial charge on any atom is 0.220 e. The molecular formula is C18H26N4O2. The number of unbranched alkanes of at least 4 members (excludes halogenated alkanes) is 2. The Morgan fingerprint density at radius 3 is 2.71 bits per heavy atom. The van der Waals surface area contributed by atoms with Crippen LogP contribution in [0.1, 0.15) is 57.8 Å². The Morgan fingerprint density at radius 2 is 2.00 bits per heavy atom. The van der Waals surface area contributed by atoms with Crippen LogP contribution in [0.3, 0.4) is 0 Å². The summed E-state index contributed by atoms with van der Waals surface area (Å²) in [6.07, 6.45) is 3.93. The Balaban J connectivity index is 1.77. The Hall–Kier alpha value is -2.37. The predicted molar refractivity (Wildman–Crippen MR) is 94.4 cm³/mol. The van der Waals surface area contributed by atoms with Gasteiger partial charge in [0.2, 0.25) is 11.8 Å². The molecule has 2 amide bonds. The van der Waals surface area contributed by atoms with E-state index in [1.807, 2.05) is 31.2 Å². The topological polar surface area (TPSA) is 86.9 Å². The van der Waals surface area contributed by atoms with Crippen LogP contribution in [-0.2, 0) is 9.59 Å². The second-order valence-electron chi connectivity index (χ2n) is 5.96. The van der Waals surface area contributed by atoms with E-state index in [0.717, 1.165) is 42.5 Å². The van der Waals surface area contributed by atoms with Gasteiger partial charge in [0.15, 0.2) is 0 Å². The van der Waals surface area contributed by atoms with Crippen LogP contribution in [0.4, 0.5) is 0 Å². The summed E-state index contributed by atoms with van der Waals surface area (Å²) >= 11 is 0. The first-order valence-electron chi connectivity index (χ1n) is 8.58. The predicted octanol–water partition coefficient (Wildman–Crippen LogP) is 2.83. The van der Waals surface area contributed by atoms with Gasteiger partial charge in [0.05, 0.1) is 17.1 Å². The second-order valence-corrected chi connectivity index (χ2v) is 5.96. The van der Waals surface area contributed by atoms with Crippen molar-refractivity contribution in [2.45, 2.75) is 52.0 Å². The Kier molecular flexibility index (Phi) is 6.78. The van der Waals surface area contributed by atoms with E-state index in [1.54, 1.807) is 0 Å². The standard InChI is InChI=1S/C18H26N4O2/c1-3-14(18-21-15-9-6-7-10-16(15)22-18)20-17(24)11-5-4-8-12-19-13(2)23/h6-7,9-10,14H,3-5,8,11-12H2,1-2H3,(H,19,23)(H,20,24)(H,21,22)/t14-/m1/s1. The number of nitrogens with one attached hydrogen (secondary N) is 3. The lowest BCUT2D eigenvalue weighted by atomic mass is 10.1. The molecule has 0 aliphatic heterocycles. The summed E-state index contributed by atoms with van der Waals surface area (Å²) in [5, 5.41) is 5.81. The van der Waals surface area contributed by atoms with Crippen molar-refractivity contribution in [3.8, 4) is 0 Å². The zero-order valence-corrected chi connectivity index (χ0v) is 14.4. The van der Waals surface area contributed by atoms with Gasteiger partial charge in [0, 0.05) is 19.9 Å². The number of hydrogen-bond donors (Lipinski definition) is 3. The summed E-state index contributed by atoms with van der Waals surface area (Å²) in [6.45, 7) is 4.22. The molecule has 1 aromatic carbocycles. The molecule has 24 heavy (non-hydrogen) atoms. The largest absolute Gasteiger partial charge is 0.356 e. The van der Waals surface area contributed by atoms with E-state index in [-0.39, 0.29) is 17.9 Å². The van der Waals surface area contributed by atoms with Crippen molar-refractivity contribution in [2.75, 3.05) is 6.54 Å². The monoisotopic (exact) mass is 330 g/mol. The molecule has 1 atom stereocenters. The van der Waals surface area contributed by atoms with Gasteiger partial charge in [0.1, 0.15) is 5.82 Å². The molecule has 130 valence electrons. The summed E-state index contributed by atoms with van der Waals surface area (Å²) in [7, 11) is 0. The first kappa shape index (κ1) is 18.0. The Morgan fingerprint density at radius 1 is 1.21 bits per heavy atom. The lowest BCUT2D eigenvalue weighted by Gasteiger charge is -2.14. The fourth-order valence-electron chi connectivity index (χ4n) is 2.62. The molecule has 0 aliphatic rings. The van der Waals surface area contributed by atoms with Crippen molar-refractivity contribution in [1.29, 1.82) is 0 Å². The number of aromatic amines is 1. The quantitative estimate of drug-likeness (QED) is 0.618. The number of carbonyl (C=O) groups excluding carboxylic acids is 2. The molecule has 0 radical (unpaired) electrons. The van der Waals surface area contributed by atoms with Gasteiger partial charge in [-0.25, -0.2) is 4.98 Å². The van der Waals surface area contributed by atoms with Gasteiger partial charge in [0.25, 0.3) is 0 Å². The number of H-pyrrole nitrogens is 1. The summed E-state index contributed by atoms with van der Waals surface area (Å²) in [4.78, 5) is 30.7. The van der Waals surface area contributed by atoms with Crippen LogP contribution in [-0.4, -0.2) is 28.3 Å². The lowest BCUT2D eigenvalue weighted by molar-refractivity contribution is -0.122. The van der Waals surface area contributed by atoms with Crippen LogP contribution in [0.25, 0.3) is 11.0 Å². The fraction of sp³-hybridized carbons (Fsp3) is 0.500. The molecular weight excluding hydrogens is 304 g/mol. The number of para-hydroxylation sites is 2. The Bertz CT molecular complexity index is 647. The van der Waals surface area contributed by atoms with Gasteiger partial charge in [-0.3, -0.25) is 9.59 Å². The summed E-state index contributed by atoms with van der Waals surface area (Å²) in [6, 6.07) is 7.76. The van der Waals surface area contributed by atoms with Crippen LogP contribution >= 0.6 is 0 Å². The molecule has 1 heterocycles. The van der Waals surface area contributed by atoms with Gasteiger partial charge >= 0.3 is 0 Å². The number of amides is 2. The molecule has 3 N–H and O–H groups in total. The van der Waals surface area contributed by atoms with E-state index < -0.39 is 0 Å². The minimum absolute atomic E-state index is 0.00985. The molecule has 0 fully saturated rings. The van der Waals surface area contributed by atoms with Gasteiger partial charge in [-0.15, -0.1) is 0 Å². The highest BCUT2D eigenvalue weighted by atomic mass is 16.2. The number of aromatic nitrogens is 2. The molecule has 0 bridgehead atoms. The highest BCUT2D eigenvalue weighted by Gasteiger charge is 2.16.